The number of halogens is 4. The lowest BCUT2D eigenvalue weighted by molar-refractivity contribution is -0.140. The van der Waals surface area contributed by atoms with Crippen LogP contribution >= 0.6 is 0 Å². The van der Waals surface area contributed by atoms with E-state index in [4.69, 9.17) is 0 Å². The molecule has 7 heteroatoms. The molecule has 2 aromatic rings. The molecule has 0 heterocycles. The first kappa shape index (κ1) is 19.4. The van der Waals surface area contributed by atoms with Crippen molar-refractivity contribution >= 4 is 17.8 Å². The van der Waals surface area contributed by atoms with Gasteiger partial charge in [0.2, 0.25) is 0 Å². The second kappa shape index (κ2) is 7.13. The van der Waals surface area contributed by atoms with Gasteiger partial charge in [0.1, 0.15) is 5.82 Å². The fourth-order valence-electron chi connectivity index (χ4n) is 3.63. The highest BCUT2D eigenvalue weighted by molar-refractivity contribution is 6.09. The van der Waals surface area contributed by atoms with Crippen LogP contribution in [0.1, 0.15) is 50.2 Å². The van der Waals surface area contributed by atoms with Crippen molar-refractivity contribution in [3.05, 3.63) is 76.1 Å². The Labute approximate surface area is 164 Å². The van der Waals surface area contributed by atoms with E-state index < -0.39 is 23.5 Å². The Bertz CT molecular complexity index is 1020. The Morgan fingerprint density at radius 2 is 1.90 bits per heavy atom. The zero-order chi connectivity index (χ0) is 20.8. The number of allylic oxidation sites excluding steroid dienone is 1. The Hall–Kier alpha value is -2.96. The Morgan fingerprint density at radius 3 is 2.55 bits per heavy atom. The molecule has 0 radical (unpaired) electrons. The smallest absolute Gasteiger partial charge is 0.348 e. The van der Waals surface area contributed by atoms with Crippen LogP contribution in [-0.4, -0.2) is 11.7 Å². The molecule has 1 atom stereocenters. The number of carbonyl (C=O) groups is 2. The summed E-state index contributed by atoms with van der Waals surface area (Å²) >= 11 is 0. The summed E-state index contributed by atoms with van der Waals surface area (Å²) in [6.07, 6.45) is 0.906. The van der Waals surface area contributed by atoms with Crippen LogP contribution in [0.3, 0.4) is 0 Å². The van der Waals surface area contributed by atoms with Gasteiger partial charge >= 0.3 is 6.18 Å². The first-order chi connectivity index (χ1) is 13.8. The van der Waals surface area contributed by atoms with Crippen LogP contribution in [0.2, 0.25) is 0 Å². The number of benzene rings is 2. The molecule has 1 N–H and O–H groups in total. The number of carbonyl (C=O) groups excluding carboxylic acids is 2. The maximum Gasteiger partial charge on any atom is 0.419 e. The SMILES string of the molecule is O=C(NCc1ccc(C(F)(F)F)c(F)c1)c1cccc2c1C=CC(C1CC1)C2=O. The van der Waals surface area contributed by atoms with Crippen molar-refractivity contribution in [3.63, 3.8) is 0 Å². The fraction of sp³-hybridized carbons (Fsp3) is 0.273. The zero-order valence-electron chi connectivity index (χ0n) is 15.2. The molecule has 0 saturated heterocycles. The third-order valence-corrected chi connectivity index (χ3v) is 5.31. The van der Waals surface area contributed by atoms with E-state index in [-0.39, 0.29) is 23.8 Å². The molecule has 2 aliphatic rings. The van der Waals surface area contributed by atoms with Crippen LogP contribution in [0.25, 0.3) is 6.08 Å². The highest BCUT2D eigenvalue weighted by Gasteiger charge is 2.37. The summed E-state index contributed by atoms with van der Waals surface area (Å²) in [5, 5.41) is 2.58. The van der Waals surface area contributed by atoms with Gasteiger partial charge in [-0.1, -0.05) is 30.4 Å². The summed E-state index contributed by atoms with van der Waals surface area (Å²) in [6.45, 7) is -0.139. The molecular formula is C22H17F4NO2. The van der Waals surface area contributed by atoms with E-state index in [0.29, 0.717) is 28.7 Å². The Kier molecular flexibility index (Phi) is 4.76. The molecule has 0 bridgehead atoms. The van der Waals surface area contributed by atoms with Gasteiger partial charge in [0.25, 0.3) is 5.91 Å². The Balaban J connectivity index is 1.50. The molecule has 1 unspecified atom stereocenters. The van der Waals surface area contributed by atoms with Gasteiger partial charge in [-0.3, -0.25) is 9.59 Å². The number of rotatable bonds is 4. The first-order valence-electron chi connectivity index (χ1n) is 9.25. The van der Waals surface area contributed by atoms with E-state index in [2.05, 4.69) is 5.32 Å². The van der Waals surface area contributed by atoms with E-state index in [0.717, 1.165) is 25.0 Å². The number of nitrogens with one attached hydrogen (secondary N) is 1. The second-order valence-corrected chi connectivity index (χ2v) is 7.35. The topological polar surface area (TPSA) is 46.2 Å². The van der Waals surface area contributed by atoms with Crippen LogP contribution in [-0.2, 0) is 12.7 Å². The molecule has 2 aromatic carbocycles. The standard InChI is InChI=1S/C22H17F4NO2/c23-19-10-12(4-9-18(19)22(24,25)26)11-27-21(29)17-3-1-2-16-15(17)8-7-14(20(16)28)13-5-6-13/h1-4,7-10,13-14H,5-6,11H2,(H,27,29). The van der Waals surface area contributed by atoms with Crippen molar-refractivity contribution in [1.82, 2.24) is 5.32 Å². The third kappa shape index (κ3) is 3.81. The molecule has 0 aliphatic heterocycles. The fourth-order valence-corrected chi connectivity index (χ4v) is 3.63. The number of amides is 1. The van der Waals surface area contributed by atoms with E-state index in [1.165, 1.54) is 0 Å². The number of ketones is 1. The molecule has 0 aromatic heterocycles. The average Bonchev–Trinajstić information content (AvgIpc) is 3.50. The minimum Gasteiger partial charge on any atom is -0.348 e. The van der Waals surface area contributed by atoms with Crippen LogP contribution in [0.4, 0.5) is 17.6 Å². The molecular weight excluding hydrogens is 386 g/mol. The highest BCUT2D eigenvalue weighted by atomic mass is 19.4. The maximum absolute atomic E-state index is 13.7. The number of fused-ring (bicyclic) bond motifs is 1. The van der Waals surface area contributed by atoms with Gasteiger partial charge < -0.3 is 5.32 Å². The molecule has 3 nitrogen and oxygen atoms in total. The van der Waals surface area contributed by atoms with E-state index >= 15 is 0 Å². The van der Waals surface area contributed by atoms with Gasteiger partial charge in [-0.2, -0.15) is 13.2 Å². The van der Waals surface area contributed by atoms with Crippen LogP contribution in [0.15, 0.2) is 42.5 Å². The van der Waals surface area contributed by atoms with E-state index in [1.54, 1.807) is 24.3 Å². The summed E-state index contributed by atoms with van der Waals surface area (Å²) in [4.78, 5) is 25.3. The van der Waals surface area contributed by atoms with Crippen LogP contribution in [0.5, 0.6) is 0 Å². The number of Topliss-reactive ketones (excluding diaryl/α,β-unsaturated/α-hetero) is 1. The zero-order valence-corrected chi connectivity index (χ0v) is 15.2. The van der Waals surface area contributed by atoms with Gasteiger partial charge in [-0.15, -0.1) is 0 Å². The summed E-state index contributed by atoms with van der Waals surface area (Å²) in [6, 6.07) is 7.44. The molecule has 150 valence electrons. The van der Waals surface area contributed by atoms with Gasteiger partial charge in [0.15, 0.2) is 5.78 Å². The largest absolute Gasteiger partial charge is 0.419 e. The quantitative estimate of drug-likeness (QED) is 0.730. The minimum absolute atomic E-state index is 0.00413. The minimum atomic E-state index is -4.77. The van der Waals surface area contributed by atoms with Crippen molar-refractivity contribution in [2.75, 3.05) is 0 Å². The van der Waals surface area contributed by atoms with Crippen molar-refractivity contribution in [2.45, 2.75) is 25.6 Å². The predicted molar refractivity (Wildman–Crippen MR) is 98.6 cm³/mol. The van der Waals surface area contributed by atoms with Crippen molar-refractivity contribution in [2.24, 2.45) is 11.8 Å². The predicted octanol–water partition coefficient (Wildman–Crippen LogP) is 5.01. The first-order valence-corrected chi connectivity index (χ1v) is 9.25. The lowest BCUT2D eigenvalue weighted by atomic mass is 9.83. The summed E-state index contributed by atoms with van der Waals surface area (Å²) in [5.41, 5.74) is 0.185. The van der Waals surface area contributed by atoms with Gasteiger partial charge in [0.05, 0.1) is 5.56 Å². The molecule has 1 amide bonds. The number of hydrogen-bond acceptors (Lipinski definition) is 2. The van der Waals surface area contributed by atoms with Gasteiger partial charge in [-0.25, -0.2) is 4.39 Å². The van der Waals surface area contributed by atoms with Gasteiger partial charge in [0, 0.05) is 23.6 Å². The third-order valence-electron chi connectivity index (χ3n) is 5.31. The van der Waals surface area contributed by atoms with Gasteiger partial charge in [-0.05, 0) is 48.1 Å². The van der Waals surface area contributed by atoms with Crippen molar-refractivity contribution in [1.29, 1.82) is 0 Å². The monoisotopic (exact) mass is 403 g/mol. The maximum atomic E-state index is 13.7. The summed E-state index contributed by atoms with van der Waals surface area (Å²) in [7, 11) is 0. The second-order valence-electron chi connectivity index (χ2n) is 7.35. The highest BCUT2D eigenvalue weighted by Crippen LogP contribution is 2.42. The summed E-state index contributed by atoms with van der Waals surface area (Å²) in [5.74, 6) is -1.63. The summed E-state index contributed by atoms with van der Waals surface area (Å²) < 4.78 is 51.6. The lowest BCUT2D eigenvalue weighted by Gasteiger charge is -2.20. The molecule has 4 rings (SSSR count). The van der Waals surface area contributed by atoms with E-state index in [9.17, 15) is 27.2 Å². The Morgan fingerprint density at radius 1 is 1.14 bits per heavy atom. The molecule has 2 aliphatic carbocycles. The molecule has 0 spiro atoms. The normalized spacial score (nSPS) is 18.5. The molecule has 29 heavy (non-hydrogen) atoms. The molecule has 1 fully saturated rings. The van der Waals surface area contributed by atoms with Crippen molar-refractivity contribution < 1.29 is 27.2 Å². The average molecular weight is 403 g/mol. The van der Waals surface area contributed by atoms with Crippen LogP contribution < -0.4 is 5.32 Å². The van der Waals surface area contributed by atoms with Crippen molar-refractivity contribution in [3.8, 4) is 0 Å². The number of alkyl halides is 3. The van der Waals surface area contributed by atoms with Crippen LogP contribution in [0, 0.1) is 17.7 Å². The number of hydrogen-bond donors (Lipinski definition) is 1. The van der Waals surface area contributed by atoms with E-state index in [1.807, 2.05) is 6.08 Å². The molecule has 1 saturated carbocycles. The lowest BCUT2D eigenvalue weighted by Crippen LogP contribution is -2.26.